The van der Waals surface area contributed by atoms with Crippen molar-refractivity contribution in [3.63, 3.8) is 0 Å². The molecule has 2 amide bonds. The highest BCUT2D eigenvalue weighted by molar-refractivity contribution is 9.10. The predicted octanol–water partition coefficient (Wildman–Crippen LogP) is 6.82. The van der Waals surface area contributed by atoms with Crippen LogP contribution in [0.2, 0.25) is 0 Å². The second-order valence-electron chi connectivity index (χ2n) is 11.2. The number of nitrogens with one attached hydrogen (secondary N) is 1. The van der Waals surface area contributed by atoms with Gasteiger partial charge in [-0.05, 0) is 61.7 Å². The Bertz CT molecular complexity index is 1680. The number of hydrogen-bond acceptors (Lipinski definition) is 4. The van der Waals surface area contributed by atoms with Gasteiger partial charge in [-0.15, -0.1) is 0 Å². The highest BCUT2D eigenvalue weighted by atomic mass is 79.9. The van der Waals surface area contributed by atoms with Crippen LogP contribution in [0.1, 0.15) is 42.0 Å². The van der Waals surface area contributed by atoms with Gasteiger partial charge in [0.2, 0.25) is 11.8 Å². The molecular formula is C36H40BrN3O4S. The fourth-order valence-corrected chi connectivity index (χ4v) is 6.74. The molecule has 4 aromatic rings. The average molecular weight is 691 g/mol. The second kappa shape index (κ2) is 15.9. The van der Waals surface area contributed by atoms with Crippen molar-refractivity contribution in [1.82, 2.24) is 10.2 Å². The van der Waals surface area contributed by atoms with Crippen LogP contribution >= 0.6 is 15.9 Å². The van der Waals surface area contributed by atoms with Crippen LogP contribution < -0.4 is 9.62 Å². The molecular weight excluding hydrogens is 650 g/mol. The highest BCUT2D eigenvalue weighted by Crippen LogP contribution is 2.27. The number of benzene rings is 4. The van der Waals surface area contributed by atoms with Crippen LogP contribution in [0.25, 0.3) is 0 Å². The van der Waals surface area contributed by atoms with Crippen LogP contribution in [0.15, 0.2) is 112 Å². The first-order valence-corrected chi connectivity index (χ1v) is 17.3. The Morgan fingerprint density at radius 1 is 0.822 bits per heavy atom. The third-order valence-corrected chi connectivity index (χ3v) is 9.84. The Balaban J connectivity index is 1.78. The number of amides is 2. The molecule has 45 heavy (non-hydrogen) atoms. The summed E-state index contributed by atoms with van der Waals surface area (Å²) in [4.78, 5) is 29.9. The molecule has 1 N–H and O–H groups in total. The fraction of sp³-hybridized carbons (Fsp3) is 0.278. The quantitative estimate of drug-likeness (QED) is 0.147. The zero-order chi connectivity index (χ0) is 32.4. The summed E-state index contributed by atoms with van der Waals surface area (Å²) in [6.07, 6.45) is 1.99. The standard InChI is InChI=1S/C36H40BrN3O4S/c1-4-5-22-38-36(42)34(23-29-10-7-6-8-11-29)39(25-30-18-14-27(2)15-19-30)35(41)26-40(32-13-9-12-31(37)24-32)45(43,44)33-20-16-28(3)17-21-33/h6-21,24,34H,4-5,22-23,25-26H2,1-3H3,(H,38,42)/t34-/m1/s1. The zero-order valence-corrected chi connectivity index (χ0v) is 28.4. The third kappa shape index (κ3) is 9.28. The molecule has 0 saturated heterocycles. The summed E-state index contributed by atoms with van der Waals surface area (Å²) in [5.41, 5.74) is 4.05. The number of carbonyl (C=O) groups is 2. The van der Waals surface area contributed by atoms with E-state index in [0.29, 0.717) is 16.7 Å². The molecule has 0 spiro atoms. The van der Waals surface area contributed by atoms with Crippen molar-refractivity contribution in [1.29, 1.82) is 0 Å². The first-order chi connectivity index (χ1) is 21.6. The van der Waals surface area contributed by atoms with E-state index in [2.05, 4.69) is 21.2 Å². The maximum Gasteiger partial charge on any atom is 0.264 e. The van der Waals surface area contributed by atoms with Crippen LogP contribution in [0.3, 0.4) is 0 Å². The molecule has 4 rings (SSSR count). The molecule has 0 unspecified atom stereocenters. The lowest BCUT2D eigenvalue weighted by atomic mass is 10.0. The Morgan fingerprint density at radius 2 is 1.47 bits per heavy atom. The number of anilines is 1. The maximum absolute atomic E-state index is 14.5. The summed E-state index contributed by atoms with van der Waals surface area (Å²) >= 11 is 3.45. The lowest BCUT2D eigenvalue weighted by Crippen LogP contribution is -2.53. The van der Waals surface area contributed by atoms with Gasteiger partial charge in [0, 0.05) is 24.0 Å². The molecule has 0 saturated carbocycles. The minimum absolute atomic E-state index is 0.0732. The van der Waals surface area contributed by atoms with E-state index in [9.17, 15) is 18.0 Å². The molecule has 0 radical (unpaired) electrons. The van der Waals surface area contributed by atoms with Crippen LogP contribution in [0, 0.1) is 13.8 Å². The molecule has 9 heteroatoms. The minimum atomic E-state index is -4.15. The smallest absolute Gasteiger partial charge is 0.264 e. The van der Waals surface area contributed by atoms with Gasteiger partial charge >= 0.3 is 0 Å². The predicted molar refractivity (Wildman–Crippen MR) is 183 cm³/mol. The van der Waals surface area contributed by atoms with Gasteiger partial charge in [-0.25, -0.2) is 8.42 Å². The lowest BCUT2D eigenvalue weighted by Gasteiger charge is -2.34. The summed E-state index contributed by atoms with van der Waals surface area (Å²) < 4.78 is 30.1. The number of carbonyl (C=O) groups excluding carboxylic acids is 2. The molecule has 0 aliphatic rings. The Morgan fingerprint density at radius 3 is 2.09 bits per heavy atom. The van der Waals surface area contributed by atoms with E-state index >= 15 is 0 Å². The van der Waals surface area contributed by atoms with Gasteiger partial charge in [-0.3, -0.25) is 13.9 Å². The minimum Gasteiger partial charge on any atom is -0.354 e. The van der Waals surface area contributed by atoms with Crippen molar-refractivity contribution in [2.75, 3.05) is 17.4 Å². The average Bonchev–Trinajstić information content (AvgIpc) is 3.03. The van der Waals surface area contributed by atoms with E-state index in [0.717, 1.165) is 39.4 Å². The Labute approximate surface area is 275 Å². The highest BCUT2D eigenvalue weighted by Gasteiger charge is 2.34. The summed E-state index contributed by atoms with van der Waals surface area (Å²) in [6.45, 7) is 6.04. The van der Waals surface area contributed by atoms with Gasteiger partial charge in [0.15, 0.2) is 0 Å². The number of sulfonamides is 1. The van der Waals surface area contributed by atoms with Gasteiger partial charge in [0.25, 0.3) is 10.0 Å². The zero-order valence-electron chi connectivity index (χ0n) is 25.9. The van der Waals surface area contributed by atoms with Crippen molar-refractivity contribution in [3.05, 3.63) is 130 Å². The Kier molecular flexibility index (Phi) is 12.0. The number of rotatable bonds is 14. The van der Waals surface area contributed by atoms with E-state index < -0.39 is 28.5 Å². The molecule has 0 heterocycles. The van der Waals surface area contributed by atoms with Crippen molar-refractivity contribution < 1.29 is 18.0 Å². The molecule has 0 aliphatic carbocycles. The summed E-state index contributed by atoms with van der Waals surface area (Å²) in [7, 11) is -4.15. The summed E-state index contributed by atoms with van der Waals surface area (Å²) in [5.74, 6) is -0.763. The van der Waals surface area contributed by atoms with Crippen LogP contribution in [0.4, 0.5) is 5.69 Å². The first kappa shape index (κ1) is 33.9. The van der Waals surface area contributed by atoms with Crippen molar-refractivity contribution >= 4 is 43.5 Å². The molecule has 0 aliphatic heterocycles. The van der Waals surface area contributed by atoms with E-state index in [-0.39, 0.29) is 23.8 Å². The lowest BCUT2D eigenvalue weighted by molar-refractivity contribution is -0.140. The van der Waals surface area contributed by atoms with E-state index in [1.165, 1.54) is 4.90 Å². The van der Waals surface area contributed by atoms with E-state index in [1.807, 2.05) is 75.4 Å². The summed E-state index contributed by atoms with van der Waals surface area (Å²) in [5, 5.41) is 3.02. The Hall–Kier alpha value is -3.95. The van der Waals surface area contributed by atoms with E-state index in [4.69, 9.17) is 0 Å². The van der Waals surface area contributed by atoms with Crippen molar-refractivity contribution in [3.8, 4) is 0 Å². The topological polar surface area (TPSA) is 86.8 Å². The third-order valence-electron chi connectivity index (χ3n) is 7.56. The monoisotopic (exact) mass is 689 g/mol. The van der Waals surface area contributed by atoms with Crippen LogP contribution in [0.5, 0.6) is 0 Å². The van der Waals surface area contributed by atoms with Crippen molar-refractivity contribution in [2.45, 2.75) is 57.5 Å². The number of unbranched alkanes of at least 4 members (excludes halogenated alkanes) is 1. The van der Waals surface area contributed by atoms with E-state index in [1.54, 1.807) is 48.5 Å². The van der Waals surface area contributed by atoms with Crippen molar-refractivity contribution in [2.24, 2.45) is 0 Å². The van der Waals surface area contributed by atoms with Crippen LogP contribution in [-0.2, 0) is 32.6 Å². The fourth-order valence-electron chi connectivity index (χ4n) is 4.95. The first-order valence-electron chi connectivity index (χ1n) is 15.1. The van der Waals surface area contributed by atoms with Gasteiger partial charge in [0.05, 0.1) is 10.6 Å². The number of hydrogen-bond donors (Lipinski definition) is 1. The molecule has 7 nitrogen and oxygen atoms in total. The van der Waals surface area contributed by atoms with Gasteiger partial charge in [0.1, 0.15) is 12.6 Å². The van der Waals surface area contributed by atoms with Gasteiger partial charge in [-0.1, -0.05) is 113 Å². The molecule has 0 aromatic heterocycles. The molecule has 0 fully saturated rings. The molecule has 0 bridgehead atoms. The maximum atomic E-state index is 14.5. The molecule has 4 aromatic carbocycles. The number of aryl methyl sites for hydroxylation is 2. The van der Waals surface area contributed by atoms with Gasteiger partial charge < -0.3 is 10.2 Å². The normalized spacial score (nSPS) is 11.9. The second-order valence-corrected chi connectivity index (χ2v) is 13.9. The summed E-state index contributed by atoms with van der Waals surface area (Å²) in [6, 6.07) is 29.9. The largest absolute Gasteiger partial charge is 0.354 e. The number of halogens is 1. The molecule has 1 atom stereocenters. The van der Waals surface area contributed by atoms with Gasteiger partial charge in [-0.2, -0.15) is 0 Å². The van der Waals surface area contributed by atoms with Crippen LogP contribution in [-0.4, -0.2) is 44.3 Å². The SMILES string of the molecule is CCCCNC(=O)[C@@H](Cc1ccccc1)N(Cc1ccc(C)cc1)C(=O)CN(c1cccc(Br)c1)S(=O)(=O)c1ccc(C)cc1. The molecule has 236 valence electrons. The number of nitrogens with zero attached hydrogens (tertiary/aromatic N) is 2.